The van der Waals surface area contributed by atoms with Crippen LogP contribution in [0.2, 0.25) is 0 Å². The van der Waals surface area contributed by atoms with E-state index in [2.05, 4.69) is 5.32 Å². The lowest BCUT2D eigenvalue weighted by molar-refractivity contribution is -0.198. The largest absolute Gasteiger partial charge is 0.352 e. The van der Waals surface area contributed by atoms with Gasteiger partial charge in [0, 0.05) is 31.4 Å². The maximum atomic E-state index is 12.5. The van der Waals surface area contributed by atoms with Gasteiger partial charge < -0.3 is 10.2 Å². The number of hydrogen-bond donors (Lipinski definition) is 1. The van der Waals surface area contributed by atoms with Gasteiger partial charge >= 0.3 is 5.97 Å². The van der Waals surface area contributed by atoms with Crippen molar-refractivity contribution in [2.45, 2.75) is 50.8 Å². The number of rotatable bonds is 10. The van der Waals surface area contributed by atoms with Crippen LogP contribution in [0.1, 0.15) is 39.5 Å². The number of carbonyl (C=O) groups excluding carboxylic acids is 6. The predicted octanol–water partition coefficient (Wildman–Crippen LogP) is -0.588. The first-order valence-electron chi connectivity index (χ1n) is 9.06. The number of Topliss-reactive ketones (excluding diaryl/α,β-unsaturated/α-hetero) is 1. The van der Waals surface area contributed by atoms with Crippen LogP contribution in [0.15, 0.2) is 0 Å². The Bertz CT molecular complexity index is 680. The molecule has 0 bridgehead atoms. The number of carbonyl (C=O) groups is 6. The Morgan fingerprint density at radius 3 is 2.36 bits per heavy atom. The lowest BCUT2D eigenvalue weighted by Gasteiger charge is -2.18. The summed E-state index contributed by atoms with van der Waals surface area (Å²) in [4.78, 5) is 76.8. The highest BCUT2D eigenvalue weighted by Gasteiger charge is 2.41. The van der Waals surface area contributed by atoms with Gasteiger partial charge in [0.05, 0.1) is 11.3 Å². The van der Waals surface area contributed by atoms with Gasteiger partial charge in [-0.25, -0.2) is 4.79 Å². The van der Waals surface area contributed by atoms with Crippen molar-refractivity contribution in [1.82, 2.24) is 15.3 Å². The molecule has 28 heavy (non-hydrogen) atoms. The molecule has 154 valence electrons. The van der Waals surface area contributed by atoms with Crippen LogP contribution in [0.5, 0.6) is 0 Å². The molecule has 0 aromatic heterocycles. The number of imide groups is 2. The van der Waals surface area contributed by atoms with Crippen LogP contribution in [-0.4, -0.2) is 75.5 Å². The van der Waals surface area contributed by atoms with Crippen molar-refractivity contribution < 1.29 is 33.6 Å². The van der Waals surface area contributed by atoms with Crippen molar-refractivity contribution in [2.24, 2.45) is 0 Å². The number of likely N-dealkylation sites (tertiary alicyclic amines) is 1. The van der Waals surface area contributed by atoms with Gasteiger partial charge in [0.25, 0.3) is 11.8 Å². The topological polar surface area (TPSA) is 130 Å². The molecule has 0 spiro atoms. The van der Waals surface area contributed by atoms with Crippen molar-refractivity contribution in [3.8, 4) is 0 Å². The van der Waals surface area contributed by atoms with Gasteiger partial charge in [0.2, 0.25) is 11.8 Å². The monoisotopic (exact) mass is 413 g/mol. The molecule has 0 radical (unpaired) electrons. The summed E-state index contributed by atoms with van der Waals surface area (Å²) in [5.41, 5.74) is 0. The third-order valence-electron chi connectivity index (χ3n) is 4.34. The SMILES string of the molecule is CCNC(CSC1CC(=O)N(CC(=O)ON2C(=O)CCC2=O)C1=O)C(=O)CC. The molecule has 4 amide bonds. The normalized spacial score (nSPS) is 20.9. The fourth-order valence-electron chi connectivity index (χ4n) is 2.84. The van der Waals surface area contributed by atoms with Gasteiger partial charge in [0.1, 0.15) is 12.3 Å². The highest BCUT2D eigenvalue weighted by Crippen LogP contribution is 2.26. The van der Waals surface area contributed by atoms with E-state index in [4.69, 9.17) is 4.84 Å². The number of hydrogen-bond acceptors (Lipinski definition) is 9. The molecule has 2 aliphatic heterocycles. The fourth-order valence-corrected chi connectivity index (χ4v) is 4.10. The third kappa shape index (κ3) is 5.16. The summed E-state index contributed by atoms with van der Waals surface area (Å²) in [5, 5.41) is 2.73. The molecule has 2 saturated heterocycles. The maximum absolute atomic E-state index is 12.5. The van der Waals surface area contributed by atoms with E-state index in [1.807, 2.05) is 6.92 Å². The molecule has 0 saturated carbocycles. The van der Waals surface area contributed by atoms with E-state index >= 15 is 0 Å². The van der Waals surface area contributed by atoms with E-state index in [-0.39, 0.29) is 25.0 Å². The van der Waals surface area contributed by atoms with Crippen LogP contribution in [-0.2, 0) is 33.6 Å². The van der Waals surface area contributed by atoms with Crippen LogP contribution in [0.25, 0.3) is 0 Å². The number of ketones is 1. The summed E-state index contributed by atoms with van der Waals surface area (Å²) in [5.74, 6) is -3.05. The number of thioether (sulfide) groups is 1. The Morgan fingerprint density at radius 1 is 1.14 bits per heavy atom. The first-order valence-corrected chi connectivity index (χ1v) is 10.1. The molecular formula is C17H23N3O7S. The van der Waals surface area contributed by atoms with Crippen LogP contribution < -0.4 is 5.32 Å². The van der Waals surface area contributed by atoms with Crippen molar-refractivity contribution in [2.75, 3.05) is 18.8 Å². The summed E-state index contributed by atoms with van der Waals surface area (Å²) in [6.07, 6.45) is 0.185. The molecule has 2 rings (SSSR count). The van der Waals surface area contributed by atoms with Gasteiger partial charge in [-0.3, -0.25) is 28.9 Å². The maximum Gasteiger partial charge on any atom is 0.352 e. The molecular weight excluding hydrogens is 390 g/mol. The summed E-state index contributed by atoms with van der Waals surface area (Å²) >= 11 is 1.19. The van der Waals surface area contributed by atoms with Crippen LogP contribution in [0.3, 0.4) is 0 Å². The second-order valence-electron chi connectivity index (χ2n) is 6.32. The summed E-state index contributed by atoms with van der Waals surface area (Å²) in [7, 11) is 0. The van der Waals surface area contributed by atoms with E-state index in [9.17, 15) is 28.8 Å². The zero-order valence-corrected chi connectivity index (χ0v) is 16.6. The minimum atomic E-state index is -1.04. The molecule has 2 fully saturated rings. The first kappa shape index (κ1) is 22.0. The van der Waals surface area contributed by atoms with Crippen molar-refractivity contribution in [3.05, 3.63) is 0 Å². The average Bonchev–Trinajstić information content (AvgIpc) is 3.11. The molecule has 0 aromatic rings. The van der Waals surface area contributed by atoms with E-state index in [1.165, 1.54) is 11.8 Å². The van der Waals surface area contributed by atoms with Crippen molar-refractivity contribution in [3.63, 3.8) is 0 Å². The number of amides is 4. The standard InChI is InChI=1S/C17H23N3O7S/c1-3-11(21)10(18-4-2)9-28-12-7-15(24)19(17(12)26)8-16(25)27-20-13(22)5-6-14(20)23/h10,12,18H,3-9H2,1-2H3. The Balaban J connectivity index is 1.90. The van der Waals surface area contributed by atoms with Gasteiger partial charge in [-0.2, -0.15) is 0 Å². The Kier molecular flexibility index (Phi) is 7.69. The lowest BCUT2D eigenvalue weighted by Crippen LogP contribution is -2.41. The molecule has 1 N–H and O–H groups in total. The third-order valence-corrected chi connectivity index (χ3v) is 5.64. The van der Waals surface area contributed by atoms with E-state index < -0.39 is 47.4 Å². The van der Waals surface area contributed by atoms with Crippen molar-refractivity contribution in [1.29, 1.82) is 0 Å². The average molecular weight is 413 g/mol. The van der Waals surface area contributed by atoms with Crippen LogP contribution in [0.4, 0.5) is 0 Å². The smallest absolute Gasteiger partial charge is 0.328 e. The molecule has 2 heterocycles. The molecule has 2 unspecified atom stereocenters. The summed E-state index contributed by atoms with van der Waals surface area (Å²) < 4.78 is 0. The molecule has 0 aliphatic carbocycles. The van der Waals surface area contributed by atoms with Crippen molar-refractivity contribution >= 4 is 47.1 Å². The Labute approximate surface area is 166 Å². The molecule has 11 heteroatoms. The molecule has 0 aromatic carbocycles. The minimum Gasteiger partial charge on any atom is -0.328 e. The zero-order valence-electron chi connectivity index (χ0n) is 15.8. The lowest BCUT2D eigenvalue weighted by atomic mass is 10.2. The highest BCUT2D eigenvalue weighted by molar-refractivity contribution is 8.00. The summed E-state index contributed by atoms with van der Waals surface area (Å²) in [6.45, 7) is 3.55. The molecule has 2 aliphatic rings. The van der Waals surface area contributed by atoms with Crippen LogP contribution in [0, 0.1) is 0 Å². The number of nitrogens with zero attached hydrogens (tertiary/aromatic N) is 2. The zero-order chi connectivity index (χ0) is 20.8. The summed E-state index contributed by atoms with van der Waals surface area (Å²) in [6, 6.07) is -0.408. The number of nitrogens with one attached hydrogen (secondary N) is 1. The molecule has 10 nitrogen and oxygen atoms in total. The fraction of sp³-hybridized carbons (Fsp3) is 0.647. The van der Waals surface area contributed by atoms with Gasteiger partial charge in [0.15, 0.2) is 0 Å². The van der Waals surface area contributed by atoms with Crippen LogP contribution >= 0.6 is 11.8 Å². The first-order chi connectivity index (χ1) is 13.3. The highest BCUT2D eigenvalue weighted by atomic mass is 32.2. The molecule has 2 atom stereocenters. The van der Waals surface area contributed by atoms with E-state index in [0.717, 1.165) is 4.90 Å². The van der Waals surface area contributed by atoms with Gasteiger partial charge in [-0.1, -0.05) is 13.8 Å². The number of hydroxylamine groups is 2. The predicted molar refractivity (Wildman–Crippen MR) is 97.5 cm³/mol. The quantitative estimate of drug-likeness (QED) is 0.467. The van der Waals surface area contributed by atoms with E-state index in [0.29, 0.717) is 23.8 Å². The number of likely N-dealkylation sites (N-methyl/N-ethyl adjacent to an activating group) is 1. The Hall–Kier alpha value is -2.27. The van der Waals surface area contributed by atoms with E-state index in [1.54, 1.807) is 6.92 Å². The van der Waals surface area contributed by atoms with Gasteiger partial charge in [-0.05, 0) is 6.54 Å². The minimum absolute atomic E-state index is 0.0199. The second-order valence-corrected chi connectivity index (χ2v) is 7.56. The Morgan fingerprint density at radius 2 is 1.79 bits per heavy atom. The van der Waals surface area contributed by atoms with Gasteiger partial charge in [-0.15, -0.1) is 16.8 Å². The second kappa shape index (κ2) is 9.78.